The van der Waals surface area contributed by atoms with E-state index in [1.165, 1.54) is 11.6 Å². The Bertz CT molecular complexity index is 681. The number of allylic oxidation sites excluding steroid dienone is 1. The summed E-state index contributed by atoms with van der Waals surface area (Å²) in [7, 11) is 3.40. The van der Waals surface area contributed by atoms with Crippen molar-refractivity contribution < 1.29 is 4.65 Å². The summed E-state index contributed by atoms with van der Waals surface area (Å²) < 4.78 is -0.412. The number of rotatable bonds is 2. The summed E-state index contributed by atoms with van der Waals surface area (Å²) in [5, 5.41) is 13.1. The third kappa shape index (κ3) is 1.86. The molecule has 1 aromatic rings. The van der Waals surface area contributed by atoms with Crippen molar-refractivity contribution >= 4 is 0 Å². The van der Waals surface area contributed by atoms with Gasteiger partial charge in [0.2, 0.25) is 5.56 Å². The van der Waals surface area contributed by atoms with Crippen LogP contribution >= 0.6 is 0 Å². The van der Waals surface area contributed by atoms with Crippen LogP contribution in [0.1, 0.15) is 24.6 Å². The second-order valence-corrected chi connectivity index (χ2v) is 6.81. The van der Waals surface area contributed by atoms with Crippen LogP contribution in [0, 0.1) is 17.0 Å². The highest BCUT2D eigenvalue weighted by Gasteiger charge is 2.56. The first kappa shape index (κ1) is 14.3. The minimum absolute atomic E-state index is 0.0899. The van der Waals surface area contributed by atoms with E-state index in [0.717, 1.165) is 17.7 Å². The van der Waals surface area contributed by atoms with Crippen LogP contribution < -0.4 is 5.56 Å². The van der Waals surface area contributed by atoms with E-state index in [4.69, 9.17) is 0 Å². The normalized spacial score (nSPS) is 31.3. The first-order valence-corrected chi connectivity index (χ1v) is 7.37. The Hall–Kier alpha value is -1.65. The number of nitrogens with zero attached hydrogens (tertiary/aromatic N) is 1. The number of aromatic amines is 1. The fourth-order valence-electron chi connectivity index (χ4n) is 4.41. The standard InChI is InChI=1S/C17H22N2O2/c1-5-13-12-8-11(2)10-17(13,19(3,4)21)14-6-7-16(20)18-15(14)9-12/h5-8,12-13H,1,9-10H2,2-4H3,(H,18,20)/t12-,13+,17+/m0/s1. The van der Waals surface area contributed by atoms with E-state index in [1.54, 1.807) is 14.1 Å². The molecule has 2 bridgehead atoms. The molecule has 0 aliphatic heterocycles. The summed E-state index contributed by atoms with van der Waals surface area (Å²) in [5.41, 5.74) is 2.45. The number of nitrogens with one attached hydrogen (secondary N) is 1. The van der Waals surface area contributed by atoms with Crippen LogP contribution in [0.3, 0.4) is 0 Å². The third-order valence-corrected chi connectivity index (χ3v) is 5.18. The molecule has 1 N–H and O–H groups in total. The molecule has 4 heteroatoms. The first-order valence-electron chi connectivity index (χ1n) is 7.37. The Kier molecular flexibility index (Phi) is 3.01. The van der Waals surface area contributed by atoms with Crippen molar-refractivity contribution in [3.8, 4) is 0 Å². The van der Waals surface area contributed by atoms with Crippen LogP contribution in [0.25, 0.3) is 0 Å². The van der Waals surface area contributed by atoms with Crippen molar-refractivity contribution in [1.29, 1.82) is 0 Å². The lowest BCUT2D eigenvalue weighted by molar-refractivity contribution is -0.910. The predicted octanol–water partition coefficient (Wildman–Crippen LogP) is 2.47. The molecule has 0 unspecified atom stereocenters. The number of fused-ring (bicyclic) bond motifs is 4. The Morgan fingerprint density at radius 3 is 2.81 bits per heavy atom. The molecule has 3 atom stereocenters. The van der Waals surface area contributed by atoms with Crippen molar-refractivity contribution in [2.75, 3.05) is 14.1 Å². The van der Waals surface area contributed by atoms with Crippen LogP contribution in [0.4, 0.5) is 0 Å². The minimum Gasteiger partial charge on any atom is -0.633 e. The molecule has 0 aromatic carbocycles. The fraction of sp³-hybridized carbons (Fsp3) is 0.471. The minimum atomic E-state index is -0.594. The number of hydrogen-bond acceptors (Lipinski definition) is 2. The fourth-order valence-corrected chi connectivity index (χ4v) is 4.41. The van der Waals surface area contributed by atoms with Crippen molar-refractivity contribution in [2.45, 2.75) is 25.3 Å². The molecule has 0 fully saturated rings. The lowest BCUT2D eigenvalue weighted by atomic mass is 9.59. The van der Waals surface area contributed by atoms with Crippen molar-refractivity contribution in [3.05, 3.63) is 63.3 Å². The van der Waals surface area contributed by atoms with Gasteiger partial charge in [0.25, 0.3) is 0 Å². The number of aromatic nitrogens is 1. The van der Waals surface area contributed by atoms with Gasteiger partial charge in [-0.25, -0.2) is 0 Å². The molecule has 1 heterocycles. The summed E-state index contributed by atoms with van der Waals surface area (Å²) in [6.07, 6.45) is 5.64. The number of quaternary nitrogens is 1. The largest absolute Gasteiger partial charge is 0.633 e. The van der Waals surface area contributed by atoms with Crippen LogP contribution in [0.5, 0.6) is 0 Å². The maximum atomic E-state index is 13.1. The molecule has 3 rings (SSSR count). The summed E-state index contributed by atoms with van der Waals surface area (Å²) in [6.45, 7) is 6.08. The number of hydrogen-bond donors (Lipinski definition) is 1. The molecule has 0 amide bonds. The van der Waals surface area contributed by atoms with Crippen LogP contribution in [0.15, 0.2) is 41.2 Å². The summed E-state index contributed by atoms with van der Waals surface area (Å²) in [4.78, 5) is 14.6. The van der Waals surface area contributed by atoms with Crippen molar-refractivity contribution in [3.63, 3.8) is 0 Å². The van der Waals surface area contributed by atoms with Gasteiger partial charge in [-0.3, -0.25) is 4.79 Å². The molecule has 0 spiro atoms. The summed E-state index contributed by atoms with van der Waals surface area (Å²) in [5.74, 6) is 0.320. The van der Waals surface area contributed by atoms with Gasteiger partial charge >= 0.3 is 0 Å². The molecule has 0 saturated carbocycles. The zero-order chi connectivity index (χ0) is 15.4. The van der Waals surface area contributed by atoms with Gasteiger partial charge in [0.05, 0.1) is 14.1 Å². The van der Waals surface area contributed by atoms with E-state index < -0.39 is 10.2 Å². The average molecular weight is 286 g/mol. The third-order valence-electron chi connectivity index (χ3n) is 5.18. The molecule has 2 aliphatic carbocycles. The monoisotopic (exact) mass is 286 g/mol. The van der Waals surface area contributed by atoms with E-state index in [-0.39, 0.29) is 17.4 Å². The topological polar surface area (TPSA) is 55.9 Å². The summed E-state index contributed by atoms with van der Waals surface area (Å²) in [6, 6.07) is 3.38. The Balaban J connectivity index is 2.35. The van der Waals surface area contributed by atoms with Gasteiger partial charge in [0, 0.05) is 29.7 Å². The van der Waals surface area contributed by atoms with Crippen molar-refractivity contribution in [2.24, 2.45) is 11.8 Å². The molecule has 2 aliphatic rings. The van der Waals surface area contributed by atoms with E-state index in [0.29, 0.717) is 6.42 Å². The Morgan fingerprint density at radius 1 is 1.48 bits per heavy atom. The van der Waals surface area contributed by atoms with Crippen LogP contribution in [0.2, 0.25) is 0 Å². The van der Waals surface area contributed by atoms with Gasteiger partial charge in [-0.05, 0) is 25.3 Å². The molecule has 112 valence electrons. The van der Waals surface area contributed by atoms with E-state index in [1.807, 2.05) is 12.1 Å². The molecular weight excluding hydrogens is 264 g/mol. The van der Waals surface area contributed by atoms with Gasteiger partial charge in [-0.15, -0.1) is 6.58 Å². The Labute approximate surface area is 125 Å². The lowest BCUT2D eigenvalue weighted by Crippen LogP contribution is -2.62. The number of H-pyrrole nitrogens is 1. The smallest absolute Gasteiger partial charge is 0.248 e. The molecule has 21 heavy (non-hydrogen) atoms. The second kappa shape index (κ2) is 4.42. The van der Waals surface area contributed by atoms with Crippen LogP contribution in [-0.2, 0) is 12.0 Å². The highest BCUT2D eigenvalue weighted by Crippen LogP contribution is 2.55. The zero-order valence-electron chi connectivity index (χ0n) is 12.8. The zero-order valence-corrected chi connectivity index (χ0v) is 12.8. The Morgan fingerprint density at radius 2 is 2.19 bits per heavy atom. The number of pyridine rings is 1. The molecule has 0 radical (unpaired) electrons. The highest BCUT2D eigenvalue weighted by molar-refractivity contribution is 5.39. The van der Waals surface area contributed by atoms with Gasteiger partial charge in [0.15, 0.2) is 0 Å². The first-order chi connectivity index (χ1) is 9.79. The van der Waals surface area contributed by atoms with Gasteiger partial charge in [-0.2, -0.15) is 0 Å². The van der Waals surface area contributed by atoms with Gasteiger partial charge in [-0.1, -0.05) is 17.7 Å². The molecule has 0 saturated heterocycles. The van der Waals surface area contributed by atoms with E-state index in [9.17, 15) is 10.0 Å². The number of hydroxylamine groups is 3. The summed E-state index contributed by atoms with van der Waals surface area (Å²) >= 11 is 0. The van der Waals surface area contributed by atoms with E-state index in [2.05, 4.69) is 24.6 Å². The molecule has 4 nitrogen and oxygen atoms in total. The quantitative estimate of drug-likeness (QED) is 0.516. The maximum absolute atomic E-state index is 13.1. The average Bonchev–Trinajstić information content (AvgIpc) is 2.35. The van der Waals surface area contributed by atoms with E-state index >= 15 is 0 Å². The van der Waals surface area contributed by atoms with Crippen molar-refractivity contribution in [1.82, 2.24) is 4.98 Å². The highest BCUT2D eigenvalue weighted by atomic mass is 16.5. The molecule has 1 aromatic heterocycles. The van der Waals surface area contributed by atoms with Gasteiger partial charge < -0.3 is 14.8 Å². The van der Waals surface area contributed by atoms with Gasteiger partial charge in [0.1, 0.15) is 5.54 Å². The maximum Gasteiger partial charge on any atom is 0.248 e. The molecular formula is C17H22N2O2. The SMILES string of the molecule is C=C[C@@H]1[C@H]2C=C(C)C[C@]1([N+](C)(C)[O-])c1ccc(=O)[nH]c1C2. The predicted molar refractivity (Wildman–Crippen MR) is 83.5 cm³/mol. The second-order valence-electron chi connectivity index (χ2n) is 6.81. The van der Waals surface area contributed by atoms with Crippen LogP contribution in [-0.4, -0.2) is 23.7 Å². The lowest BCUT2D eigenvalue weighted by Gasteiger charge is -2.60.